The van der Waals surface area contributed by atoms with Crippen molar-refractivity contribution in [2.75, 3.05) is 13.2 Å². The minimum atomic E-state index is -0.320. The van der Waals surface area contributed by atoms with Crippen LogP contribution in [0.4, 0.5) is 4.39 Å². The molecule has 0 radical (unpaired) electrons. The average molecular weight is 496 g/mol. The number of amides is 1. The summed E-state index contributed by atoms with van der Waals surface area (Å²) >= 11 is 10.1. The molecule has 0 spiro atoms. The molecule has 0 aromatic heterocycles. The fourth-order valence-electron chi connectivity index (χ4n) is 2.73. The molecule has 0 bridgehead atoms. The zero-order valence-electron chi connectivity index (χ0n) is 15.9. The van der Waals surface area contributed by atoms with E-state index in [-0.39, 0.29) is 18.3 Å². The highest BCUT2D eigenvalue weighted by Crippen LogP contribution is 2.38. The van der Waals surface area contributed by atoms with E-state index >= 15 is 0 Å². The molecule has 2 aromatic carbocycles. The van der Waals surface area contributed by atoms with Crippen LogP contribution in [-0.2, 0) is 11.4 Å². The van der Waals surface area contributed by atoms with Gasteiger partial charge in [0.15, 0.2) is 11.5 Å². The summed E-state index contributed by atoms with van der Waals surface area (Å²) in [5.74, 6) is 0.579. The Morgan fingerprint density at radius 1 is 1.21 bits per heavy atom. The molecule has 1 saturated heterocycles. The Balaban J connectivity index is 1.88. The van der Waals surface area contributed by atoms with E-state index < -0.39 is 0 Å². The number of rotatable bonds is 7. The van der Waals surface area contributed by atoms with Crippen molar-refractivity contribution in [2.45, 2.75) is 20.5 Å². The lowest BCUT2D eigenvalue weighted by atomic mass is 10.1. The van der Waals surface area contributed by atoms with Gasteiger partial charge in [0.25, 0.3) is 5.91 Å². The fraction of sp³-hybridized carbons (Fsp3) is 0.238. The van der Waals surface area contributed by atoms with Crippen molar-refractivity contribution in [2.24, 2.45) is 0 Å². The molecule has 0 unspecified atom stereocenters. The third-order valence-electron chi connectivity index (χ3n) is 4.18. The van der Waals surface area contributed by atoms with Crippen molar-refractivity contribution in [3.8, 4) is 11.5 Å². The number of halogens is 2. The summed E-state index contributed by atoms with van der Waals surface area (Å²) in [6.45, 7) is 4.81. The van der Waals surface area contributed by atoms with Gasteiger partial charge in [0.05, 0.1) is 11.5 Å². The summed E-state index contributed by atoms with van der Waals surface area (Å²) in [7, 11) is 0. The summed E-state index contributed by atoms with van der Waals surface area (Å²) in [6.07, 6.45) is 1.78. The van der Waals surface area contributed by atoms with E-state index in [1.54, 1.807) is 41.3 Å². The topological polar surface area (TPSA) is 38.8 Å². The van der Waals surface area contributed by atoms with Gasteiger partial charge in [0.1, 0.15) is 16.7 Å². The van der Waals surface area contributed by atoms with Gasteiger partial charge in [-0.25, -0.2) is 4.39 Å². The molecule has 0 N–H and O–H groups in total. The Hall–Kier alpha value is -1.90. The Kier molecular flexibility index (Phi) is 7.32. The van der Waals surface area contributed by atoms with Gasteiger partial charge < -0.3 is 9.47 Å². The van der Waals surface area contributed by atoms with Crippen LogP contribution < -0.4 is 9.47 Å². The number of carbonyl (C=O) groups is 1. The maximum Gasteiger partial charge on any atom is 0.266 e. The zero-order chi connectivity index (χ0) is 21.0. The van der Waals surface area contributed by atoms with Gasteiger partial charge in [-0.05, 0) is 43.7 Å². The molecule has 3 rings (SSSR count). The molecule has 0 saturated carbocycles. The molecule has 0 aliphatic carbocycles. The molecule has 1 fully saturated rings. The lowest BCUT2D eigenvalue weighted by molar-refractivity contribution is -0.121. The number of carbonyl (C=O) groups excluding carboxylic acids is 1. The second kappa shape index (κ2) is 9.73. The van der Waals surface area contributed by atoms with Crippen LogP contribution in [0, 0.1) is 5.82 Å². The van der Waals surface area contributed by atoms with E-state index in [4.69, 9.17) is 21.7 Å². The predicted octanol–water partition coefficient (Wildman–Crippen LogP) is 5.79. The van der Waals surface area contributed by atoms with Crippen LogP contribution in [0.1, 0.15) is 25.0 Å². The van der Waals surface area contributed by atoms with E-state index in [2.05, 4.69) is 15.9 Å². The molecule has 1 aliphatic heterocycles. The molecular formula is C21H19BrFNO3S2. The quantitative estimate of drug-likeness (QED) is 0.359. The number of benzene rings is 2. The van der Waals surface area contributed by atoms with Crippen LogP contribution in [0.3, 0.4) is 0 Å². The van der Waals surface area contributed by atoms with Crippen LogP contribution in [-0.4, -0.2) is 28.3 Å². The highest BCUT2D eigenvalue weighted by Gasteiger charge is 2.30. The molecule has 1 amide bonds. The second-order valence-corrected chi connectivity index (χ2v) is 8.59. The number of likely N-dealkylation sites (N-methyl/N-ethyl adjacent to an activating group) is 1. The Morgan fingerprint density at radius 2 is 1.93 bits per heavy atom. The van der Waals surface area contributed by atoms with E-state index in [9.17, 15) is 9.18 Å². The van der Waals surface area contributed by atoms with E-state index in [1.165, 1.54) is 17.8 Å². The first-order valence-electron chi connectivity index (χ1n) is 9.02. The Bertz CT molecular complexity index is 980. The first-order valence-corrected chi connectivity index (χ1v) is 11.0. The van der Waals surface area contributed by atoms with Crippen LogP contribution in [0.15, 0.2) is 45.8 Å². The van der Waals surface area contributed by atoms with Gasteiger partial charge in [0, 0.05) is 16.6 Å². The molecule has 4 nitrogen and oxygen atoms in total. The van der Waals surface area contributed by atoms with E-state index in [0.29, 0.717) is 39.4 Å². The van der Waals surface area contributed by atoms with Gasteiger partial charge in [-0.2, -0.15) is 0 Å². The summed E-state index contributed by atoms with van der Waals surface area (Å²) < 4.78 is 26.7. The van der Waals surface area contributed by atoms with Crippen molar-refractivity contribution >= 4 is 56.2 Å². The molecular weight excluding hydrogens is 477 g/mol. The smallest absolute Gasteiger partial charge is 0.266 e. The summed E-state index contributed by atoms with van der Waals surface area (Å²) in [5.41, 5.74) is 1.22. The van der Waals surface area contributed by atoms with Gasteiger partial charge in [0.2, 0.25) is 0 Å². The SMILES string of the molecule is CCOc1cc(/C=C2\SC(=S)N(CC)C2=O)c(Br)cc1OCc1ccccc1F. The maximum atomic E-state index is 13.9. The van der Waals surface area contributed by atoms with Gasteiger partial charge in [-0.15, -0.1) is 0 Å². The number of nitrogens with zero attached hydrogens (tertiary/aromatic N) is 1. The van der Waals surface area contributed by atoms with Crippen molar-refractivity contribution < 1.29 is 18.7 Å². The van der Waals surface area contributed by atoms with Crippen LogP contribution in [0.25, 0.3) is 6.08 Å². The largest absolute Gasteiger partial charge is 0.490 e. The normalized spacial score (nSPS) is 15.3. The number of ether oxygens (including phenoxy) is 2. The Morgan fingerprint density at radius 3 is 2.59 bits per heavy atom. The van der Waals surface area contributed by atoms with Crippen molar-refractivity contribution in [1.29, 1.82) is 0 Å². The first kappa shape index (κ1) is 21.8. The molecule has 29 heavy (non-hydrogen) atoms. The standard InChI is InChI=1S/C21H19BrFNO3S2/c1-3-24-20(25)19(29-21(24)28)10-14-9-17(26-4-2)18(11-15(14)22)27-12-13-7-5-6-8-16(13)23/h5-11H,3-4,12H2,1-2H3/b19-10-. The lowest BCUT2D eigenvalue weighted by Gasteiger charge is -2.14. The molecule has 152 valence electrons. The molecule has 1 heterocycles. The predicted molar refractivity (Wildman–Crippen MR) is 122 cm³/mol. The average Bonchev–Trinajstić information content (AvgIpc) is 2.96. The van der Waals surface area contributed by atoms with Gasteiger partial charge >= 0.3 is 0 Å². The summed E-state index contributed by atoms with van der Waals surface area (Å²) in [6, 6.07) is 10.0. The van der Waals surface area contributed by atoms with E-state index in [0.717, 1.165) is 10.0 Å². The van der Waals surface area contributed by atoms with Gasteiger partial charge in [-0.1, -0.05) is 58.1 Å². The van der Waals surface area contributed by atoms with Crippen LogP contribution in [0.2, 0.25) is 0 Å². The second-order valence-electron chi connectivity index (χ2n) is 6.06. The van der Waals surface area contributed by atoms with Gasteiger partial charge in [-0.3, -0.25) is 9.69 Å². The summed E-state index contributed by atoms with van der Waals surface area (Å²) in [5, 5.41) is 0. The summed E-state index contributed by atoms with van der Waals surface area (Å²) in [4.78, 5) is 14.6. The first-order chi connectivity index (χ1) is 13.9. The van der Waals surface area contributed by atoms with Crippen LogP contribution >= 0.6 is 39.9 Å². The third kappa shape index (κ3) is 4.99. The molecule has 2 aromatic rings. The highest BCUT2D eigenvalue weighted by molar-refractivity contribution is 9.10. The monoisotopic (exact) mass is 495 g/mol. The fourth-order valence-corrected chi connectivity index (χ4v) is 4.54. The lowest BCUT2D eigenvalue weighted by Crippen LogP contribution is -2.27. The maximum absolute atomic E-state index is 13.9. The zero-order valence-corrected chi connectivity index (χ0v) is 19.1. The number of thiocarbonyl (C=S) groups is 1. The molecule has 0 atom stereocenters. The highest BCUT2D eigenvalue weighted by atomic mass is 79.9. The van der Waals surface area contributed by atoms with Crippen LogP contribution in [0.5, 0.6) is 11.5 Å². The third-order valence-corrected chi connectivity index (χ3v) is 6.24. The Labute approximate surface area is 187 Å². The molecule has 8 heteroatoms. The number of hydrogen-bond acceptors (Lipinski definition) is 5. The number of hydrogen-bond donors (Lipinski definition) is 0. The van der Waals surface area contributed by atoms with Crippen molar-refractivity contribution in [3.63, 3.8) is 0 Å². The van der Waals surface area contributed by atoms with Crippen molar-refractivity contribution in [3.05, 3.63) is 62.7 Å². The molecule has 1 aliphatic rings. The minimum absolute atomic E-state index is 0.0771. The van der Waals surface area contributed by atoms with Crippen molar-refractivity contribution in [1.82, 2.24) is 4.90 Å². The number of thioether (sulfide) groups is 1. The van der Waals surface area contributed by atoms with E-state index in [1.807, 2.05) is 13.8 Å². The minimum Gasteiger partial charge on any atom is -0.490 e.